The Labute approximate surface area is 167 Å². The number of thiazole rings is 1. The number of ether oxygens (including phenoxy) is 1. The smallest absolute Gasteiger partial charge is 0.206 e. The van der Waals surface area contributed by atoms with Crippen molar-refractivity contribution in [3.63, 3.8) is 0 Å². The highest BCUT2D eigenvalue weighted by Gasteiger charge is 2.15. The Morgan fingerprint density at radius 1 is 1.25 bits per heavy atom. The van der Waals surface area contributed by atoms with Crippen LogP contribution in [0, 0.1) is 0 Å². The second-order valence-corrected chi connectivity index (χ2v) is 7.62. The van der Waals surface area contributed by atoms with E-state index >= 15 is 0 Å². The summed E-state index contributed by atoms with van der Waals surface area (Å²) in [6.45, 7) is 0. The number of hydrogen-bond donors (Lipinski definition) is 1. The maximum absolute atomic E-state index is 10.1. The molecule has 1 N–H and O–H groups in total. The molecule has 0 amide bonds. The van der Waals surface area contributed by atoms with E-state index in [1.54, 1.807) is 53.8 Å². The Balaban J connectivity index is 1.75. The van der Waals surface area contributed by atoms with Crippen molar-refractivity contribution in [1.82, 2.24) is 4.68 Å². The standard InChI is InChI=1S/C21H23N3O3S/c1-26-17-9-10-19(25)15(12-17)13-22-24-18(20-8-5-11-27-20)14-28-21(24)23-16-6-3-2-4-7-16/h5,8-14,16,25H,2-4,6-7H2,1H3. The molecule has 2 aromatic heterocycles. The van der Waals surface area contributed by atoms with Gasteiger partial charge in [0.05, 0.1) is 25.6 Å². The van der Waals surface area contributed by atoms with Gasteiger partial charge in [-0.2, -0.15) is 5.10 Å². The molecular weight excluding hydrogens is 374 g/mol. The molecule has 2 heterocycles. The molecule has 6 nitrogen and oxygen atoms in total. The van der Waals surface area contributed by atoms with Crippen molar-refractivity contribution in [2.75, 3.05) is 7.11 Å². The first-order valence-corrected chi connectivity index (χ1v) is 10.3. The number of phenols is 1. The summed E-state index contributed by atoms with van der Waals surface area (Å²) in [4.78, 5) is 5.79. The Hall–Kier alpha value is -2.80. The molecule has 7 heteroatoms. The number of aromatic nitrogens is 1. The summed E-state index contributed by atoms with van der Waals surface area (Å²) in [5, 5.41) is 16.8. The number of rotatable bonds is 5. The van der Waals surface area contributed by atoms with Crippen LogP contribution in [0.25, 0.3) is 11.5 Å². The largest absolute Gasteiger partial charge is 0.507 e. The lowest BCUT2D eigenvalue weighted by Gasteiger charge is -2.16. The van der Waals surface area contributed by atoms with Crippen LogP contribution < -0.4 is 9.54 Å². The number of phenolic OH excluding ortho intramolecular Hbond substituents is 1. The van der Waals surface area contributed by atoms with Crippen molar-refractivity contribution in [3.8, 4) is 23.0 Å². The summed E-state index contributed by atoms with van der Waals surface area (Å²) >= 11 is 1.55. The minimum atomic E-state index is 0.144. The molecule has 0 spiro atoms. The third-order valence-electron chi connectivity index (χ3n) is 4.87. The zero-order valence-electron chi connectivity index (χ0n) is 15.7. The highest BCUT2D eigenvalue weighted by molar-refractivity contribution is 7.07. The molecule has 0 aliphatic heterocycles. The van der Waals surface area contributed by atoms with E-state index in [9.17, 15) is 5.11 Å². The molecule has 0 radical (unpaired) electrons. The van der Waals surface area contributed by atoms with Gasteiger partial charge in [0.2, 0.25) is 4.80 Å². The van der Waals surface area contributed by atoms with E-state index in [0.717, 1.165) is 29.1 Å². The van der Waals surface area contributed by atoms with Crippen LogP contribution in [0.15, 0.2) is 56.5 Å². The predicted octanol–water partition coefficient (Wildman–Crippen LogP) is 4.64. The van der Waals surface area contributed by atoms with Gasteiger partial charge < -0.3 is 14.3 Å². The van der Waals surface area contributed by atoms with Gasteiger partial charge in [0, 0.05) is 10.9 Å². The summed E-state index contributed by atoms with van der Waals surface area (Å²) in [5.41, 5.74) is 1.41. The van der Waals surface area contributed by atoms with Crippen LogP contribution in [-0.4, -0.2) is 29.1 Å². The second kappa shape index (κ2) is 8.48. The monoisotopic (exact) mass is 397 g/mol. The highest BCUT2D eigenvalue weighted by atomic mass is 32.1. The molecule has 0 saturated heterocycles. The fraction of sp³-hybridized carbons (Fsp3) is 0.333. The van der Waals surface area contributed by atoms with Crippen molar-refractivity contribution in [2.45, 2.75) is 38.1 Å². The quantitative estimate of drug-likeness (QED) is 0.638. The summed E-state index contributed by atoms with van der Waals surface area (Å²) in [6.07, 6.45) is 9.25. The van der Waals surface area contributed by atoms with Crippen molar-refractivity contribution < 1.29 is 14.3 Å². The van der Waals surface area contributed by atoms with Crippen molar-refractivity contribution in [2.24, 2.45) is 10.1 Å². The molecule has 1 fully saturated rings. The number of hydrogen-bond acceptors (Lipinski definition) is 6. The average molecular weight is 398 g/mol. The molecule has 28 heavy (non-hydrogen) atoms. The number of furan rings is 1. The van der Waals surface area contributed by atoms with E-state index < -0.39 is 0 Å². The molecule has 146 valence electrons. The van der Waals surface area contributed by atoms with Gasteiger partial charge in [-0.1, -0.05) is 19.3 Å². The van der Waals surface area contributed by atoms with Gasteiger partial charge in [-0.25, -0.2) is 4.68 Å². The first kappa shape index (κ1) is 18.6. The SMILES string of the molecule is COc1ccc(O)c(C=Nn2c(-c3ccco3)csc2=NC2CCCCC2)c1. The molecule has 4 rings (SSSR count). The van der Waals surface area contributed by atoms with Crippen LogP contribution in [0.3, 0.4) is 0 Å². The topological polar surface area (TPSA) is 72.2 Å². The summed E-state index contributed by atoms with van der Waals surface area (Å²) < 4.78 is 12.6. The van der Waals surface area contributed by atoms with Crippen LogP contribution in [-0.2, 0) is 0 Å². The van der Waals surface area contributed by atoms with Gasteiger partial charge in [0.1, 0.15) is 17.2 Å². The van der Waals surface area contributed by atoms with Gasteiger partial charge >= 0.3 is 0 Å². The number of nitrogens with zero attached hydrogens (tertiary/aromatic N) is 3. The van der Waals surface area contributed by atoms with E-state index in [4.69, 9.17) is 14.1 Å². The zero-order chi connectivity index (χ0) is 19.3. The fourth-order valence-electron chi connectivity index (χ4n) is 3.34. The van der Waals surface area contributed by atoms with E-state index in [-0.39, 0.29) is 5.75 Å². The van der Waals surface area contributed by atoms with E-state index in [2.05, 4.69) is 5.10 Å². The van der Waals surface area contributed by atoms with Gasteiger partial charge in [0.15, 0.2) is 5.76 Å². The van der Waals surface area contributed by atoms with Gasteiger partial charge in [-0.05, 0) is 43.2 Å². The molecule has 1 aliphatic rings. The van der Waals surface area contributed by atoms with Gasteiger partial charge in [-0.3, -0.25) is 4.99 Å². The molecule has 0 atom stereocenters. The Morgan fingerprint density at radius 3 is 2.86 bits per heavy atom. The van der Waals surface area contributed by atoms with Crippen molar-refractivity contribution in [1.29, 1.82) is 0 Å². The normalized spacial score (nSPS) is 16.1. The van der Waals surface area contributed by atoms with Crippen molar-refractivity contribution in [3.05, 3.63) is 52.3 Å². The van der Waals surface area contributed by atoms with Gasteiger partial charge in [-0.15, -0.1) is 11.3 Å². The van der Waals surface area contributed by atoms with Crippen LogP contribution in [0.2, 0.25) is 0 Å². The molecule has 1 aromatic carbocycles. The first-order chi connectivity index (χ1) is 13.7. The second-order valence-electron chi connectivity index (χ2n) is 6.78. The predicted molar refractivity (Wildman–Crippen MR) is 110 cm³/mol. The van der Waals surface area contributed by atoms with Crippen LogP contribution in [0.5, 0.6) is 11.5 Å². The molecule has 3 aromatic rings. The lowest BCUT2D eigenvalue weighted by atomic mass is 9.96. The Bertz CT molecular complexity index is 1010. The highest BCUT2D eigenvalue weighted by Crippen LogP contribution is 2.24. The van der Waals surface area contributed by atoms with Crippen molar-refractivity contribution >= 4 is 17.6 Å². The lowest BCUT2D eigenvalue weighted by molar-refractivity contribution is 0.412. The third kappa shape index (κ3) is 4.04. The maximum atomic E-state index is 10.1. The minimum Gasteiger partial charge on any atom is -0.507 e. The maximum Gasteiger partial charge on any atom is 0.206 e. The first-order valence-electron chi connectivity index (χ1n) is 9.44. The summed E-state index contributed by atoms with van der Waals surface area (Å²) in [5.74, 6) is 1.53. The minimum absolute atomic E-state index is 0.144. The number of aromatic hydroxyl groups is 1. The molecule has 1 saturated carbocycles. The summed E-state index contributed by atoms with van der Waals surface area (Å²) in [7, 11) is 1.59. The molecule has 1 aliphatic carbocycles. The van der Waals surface area contributed by atoms with Crippen LogP contribution in [0.4, 0.5) is 0 Å². The molecular formula is C21H23N3O3S. The van der Waals surface area contributed by atoms with Crippen LogP contribution >= 0.6 is 11.3 Å². The molecule has 0 bridgehead atoms. The number of methoxy groups -OCH3 is 1. The van der Waals surface area contributed by atoms with E-state index in [1.165, 1.54) is 19.3 Å². The fourth-order valence-corrected chi connectivity index (χ4v) is 4.23. The lowest BCUT2D eigenvalue weighted by Crippen LogP contribution is -2.18. The Kier molecular flexibility index (Phi) is 5.62. The van der Waals surface area contributed by atoms with E-state index in [1.807, 2.05) is 17.5 Å². The van der Waals surface area contributed by atoms with Gasteiger partial charge in [0.25, 0.3) is 0 Å². The molecule has 0 unspecified atom stereocenters. The van der Waals surface area contributed by atoms with Crippen LogP contribution in [0.1, 0.15) is 37.7 Å². The Morgan fingerprint density at radius 2 is 2.11 bits per heavy atom. The average Bonchev–Trinajstić information content (AvgIpc) is 3.38. The zero-order valence-corrected chi connectivity index (χ0v) is 16.6. The third-order valence-corrected chi connectivity index (χ3v) is 5.70. The number of benzene rings is 1. The van der Waals surface area contributed by atoms with E-state index in [0.29, 0.717) is 17.4 Å². The summed E-state index contributed by atoms with van der Waals surface area (Å²) in [6, 6.07) is 9.15.